The van der Waals surface area contributed by atoms with Crippen LogP contribution in [0.4, 0.5) is 0 Å². The summed E-state index contributed by atoms with van der Waals surface area (Å²) in [6.07, 6.45) is 13.0. The summed E-state index contributed by atoms with van der Waals surface area (Å²) < 4.78 is 0. The van der Waals surface area contributed by atoms with Gasteiger partial charge in [0.25, 0.3) is 0 Å². The third-order valence-corrected chi connectivity index (χ3v) is 3.86. The molecule has 3 heteroatoms. The predicted molar refractivity (Wildman–Crippen MR) is 89.0 cm³/mol. The van der Waals surface area contributed by atoms with Crippen molar-refractivity contribution in [2.45, 2.75) is 51.4 Å². The van der Waals surface area contributed by atoms with Gasteiger partial charge >= 0.3 is 0 Å². The average Bonchev–Trinajstić information content (AvgIpc) is 2.59. The smallest absolute Gasteiger partial charge is 0.0886 e. The van der Waals surface area contributed by atoms with Crippen molar-refractivity contribution in [3.05, 3.63) is 48.3 Å². The molecule has 0 atom stereocenters. The molecule has 0 saturated carbocycles. The molecule has 0 bridgehead atoms. The van der Waals surface area contributed by atoms with Crippen molar-refractivity contribution in [2.24, 2.45) is 0 Å². The highest BCUT2D eigenvalue weighted by atomic mass is 16.2. The number of nitrogens with zero attached hydrogens (tertiary/aromatic N) is 2. The highest BCUT2D eigenvalue weighted by Gasteiger charge is 2.00. The second kappa shape index (κ2) is 10.1. The fraction of sp³-hybridized carbons (Fsp3) is 0.474. The van der Waals surface area contributed by atoms with Crippen LogP contribution in [-0.4, -0.2) is 16.6 Å². The minimum atomic E-state index is 0.0848. The molecule has 0 fully saturated rings. The van der Waals surface area contributed by atoms with Crippen LogP contribution in [0.1, 0.15) is 50.5 Å². The first-order valence-electron chi connectivity index (χ1n) is 8.34. The third-order valence-electron chi connectivity index (χ3n) is 3.86. The third kappa shape index (κ3) is 5.94. The van der Waals surface area contributed by atoms with Gasteiger partial charge in [0.15, 0.2) is 0 Å². The molecule has 0 amide bonds. The molecule has 1 radical (unpaired) electrons. The van der Waals surface area contributed by atoms with E-state index in [4.69, 9.17) is 0 Å². The number of unbranched alkanes of at least 4 members (excludes halogenated alkanes) is 6. The van der Waals surface area contributed by atoms with Crippen LogP contribution in [-0.2, 0) is 11.5 Å². The van der Waals surface area contributed by atoms with Crippen LogP contribution in [0.5, 0.6) is 0 Å². The van der Waals surface area contributed by atoms with E-state index in [1.54, 1.807) is 6.20 Å². The summed E-state index contributed by atoms with van der Waals surface area (Å²) in [6.45, 7) is 0.0848. The molecular formula is C19H25N2O. The molecule has 22 heavy (non-hydrogen) atoms. The van der Waals surface area contributed by atoms with E-state index in [1.165, 1.54) is 37.7 Å². The number of hydrogen-bond acceptors (Lipinski definition) is 2. The van der Waals surface area contributed by atoms with Gasteiger partial charge < -0.3 is 0 Å². The number of rotatable bonds is 10. The Bertz CT molecular complexity index is 511. The summed E-state index contributed by atoms with van der Waals surface area (Å²) in [4.78, 5) is 8.82. The molecule has 0 spiro atoms. The molecule has 2 aromatic heterocycles. The first-order chi connectivity index (χ1) is 10.9. The summed E-state index contributed by atoms with van der Waals surface area (Å²) in [7, 11) is 0. The molecule has 2 heterocycles. The van der Waals surface area contributed by atoms with Gasteiger partial charge in [0.2, 0.25) is 0 Å². The van der Waals surface area contributed by atoms with Crippen LogP contribution in [0.2, 0.25) is 0 Å². The molecule has 2 aromatic rings. The highest BCUT2D eigenvalue weighted by molar-refractivity contribution is 5.53. The lowest BCUT2D eigenvalue weighted by Crippen LogP contribution is -1.91. The first kappa shape index (κ1) is 16.6. The fourth-order valence-corrected chi connectivity index (χ4v) is 2.55. The zero-order valence-corrected chi connectivity index (χ0v) is 13.2. The average molecular weight is 297 g/mol. The minimum Gasteiger partial charge on any atom is -0.255 e. The topological polar surface area (TPSA) is 45.7 Å². The molecule has 0 aliphatic carbocycles. The Balaban J connectivity index is 1.65. The summed E-state index contributed by atoms with van der Waals surface area (Å²) in [6, 6.07) is 10.1. The van der Waals surface area contributed by atoms with Gasteiger partial charge in [-0.05, 0) is 43.0 Å². The van der Waals surface area contributed by atoms with Gasteiger partial charge in [-0.2, -0.15) is 0 Å². The maximum Gasteiger partial charge on any atom is 0.0886 e. The van der Waals surface area contributed by atoms with Crippen molar-refractivity contribution in [3.63, 3.8) is 0 Å². The van der Waals surface area contributed by atoms with Gasteiger partial charge in [-0.25, -0.2) is 5.11 Å². The minimum absolute atomic E-state index is 0.0848. The van der Waals surface area contributed by atoms with Gasteiger partial charge in [-0.1, -0.05) is 44.2 Å². The van der Waals surface area contributed by atoms with Crippen molar-refractivity contribution in [1.29, 1.82) is 0 Å². The Morgan fingerprint density at radius 1 is 0.727 bits per heavy atom. The number of aryl methyl sites for hydroxylation is 1. The van der Waals surface area contributed by atoms with E-state index in [2.05, 4.69) is 22.1 Å². The maximum atomic E-state index is 10.3. The van der Waals surface area contributed by atoms with E-state index in [9.17, 15) is 5.11 Å². The van der Waals surface area contributed by atoms with Crippen LogP contribution in [0, 0.1) is 0 Å². The van der Waals surface area contributed by atoms with Gasteiger partial charge in [0.1, 0.15) is 0 Å². The monoisotopic (exact) mass is 297 g/mol. The Kier molecular flexibility index (Phi) is 7.61. The normalized spacial score (nSPS) is 10.8. The Labute approximate surface area is 133 Å². The predicted octanol–water partition coefficient (Wildman–Crippen LogP) is 4.85. The molecule has 0 aliphatic heterocycles. The first-order valence-corrected chi connectivity index (χ1v) is 8.34. The SMILES string of the molecule is [O]CCCCCCCCCc1ccc(-c2ccccn2)nc1. The summed E-state index contributed by atoms with van der Waals surface area (Å²) in [5, 5.41) is 10.3. The lowest BCUT2D eigenvalue weighted by Gasteiger charge is -2.04. The highest BCUT2D eigenvalue weighted by Crippen LogP contribution is 2.15. The van der Waals surface area contributed by atoms with Gasteiger partial charge in [0.05, 0.1) is 18.0 Å². The number of aromatic nitrogens is 2. The van der Waals surface area contributed by atoms with E-state index in [0.717, 1.165) is 30.7 Å². The van der Waals surface area contributed by atoms with Crippen LogP contribution < -0.4 is 0 Å². The van der Waals surface area contributed by atoms with Crippen LogP contribution in [0.3, 0.4) is 0 Å². The molecule has 0 aliphatic rings. The number of pyridine rings is 2. The molecule has 117 valence electrons. The number of hydrogen-bond donors (Lipinski definition) is 0. The molecule has 3 nitrogen and oxygen atoms in total. The Morgan fingerprint density at radius 3 is 2.09 bits per heavy atom. The van der Waals surface area contributed by atoms with E-state index >= 15 is 0 Å². The van der Waals surface area contributed by atoms with Gasteiger partial charge in [-0.15, -0.1) is 0 Å². The van der Waals surface area contributed by atoms with E-state index in [-0.39, 0.29) is 6.61 Å². The molecule has 0 N–H and O–H groups in total. The quantitative estimate of drug-likeness (QED) is 0.589. The van der Waals surface area contributed by atoms with Crippen molar-refractivity contribution in [2.75, 3.05) is 6.61 Å². The molecule has 2 rings (SSSR count). The zero-order valence-electron chi connectivity index (χ0n) is 13.2. The van der Waals surface area contributed by atoms with E-state index < -0.39 is 0 Å². The van der Waals surface area contributed by atoms with Crippen LogP contribution in [0.25, 0.3) is 11.4 Å². The molecule has 0 aromatic carbocycles. The second-order valence-corrected chi connectivity index (χ2v) is 5.70. The summed E-state index contributed by atoms with van der Waals surface area (Å²) in [5.74, 6) is 0. The standard InChI is InChI=1S/C19H25N2O/c22-15-9-5-3-1-2-4-6-10-17-12-13-19(21-16-17)18-11-7-8-14-20-18/h7-8,11-14,16H,1-6,9-10,15H2. The zero-order chi connectivity index (χ0) is 15.5. The van der Waals surface area contributed by atoms with Gasteiger partial charge in [0, 0.05) is 12.4 Å². The van der Waals surface area contributed by atoms with Crippen LogP contribution >= 0.6 is 0 Å². The molecular weight excluding hydrogens is 272 g/mol. The largest absolute Gasteiger partial charge is 0.255 e. The Hall–Kier alpha value is -1.74. The summed E-state index contributed by atoms with van der Waals surface area (Å²) in [5.41, 5.74) is 3.15. The van der Waals surface area contributed by atoms with Crippen LogP contribution in [0.15, 0.2) is 42.7 Å². The van der Waals surface area contributed by atoms with Crippen molar-refractivity contribution in [1.82, 2.24) is 9.97 Å². The van der Waals surface area contributed by atoms with Gasteiger partial charge in [-0.3, -0.25) is 9.97 Å². The van der Waals surface area contributed by atoms with E-state index in [1.807, 2.05) is 24.4 Å². The molecule has 0 saturated heterocycles. The van der Waals surface area contributed by atoms with Crippen molar-refractivity contribution >= 4 is 0 Å². The second-order valence-electron chi connectivity index (χ2n) is 5.70. The van der Waals surface area contributed by atoms with E-state index in [0.29, 0.717) is 0 Å². The van der Waals surface area contributed by atoms with Crippen molar-refractivity contribution in [3.8, 4) is 11.4 Å². The Morgan fingerprint density at radius 2 is 1.45 bits per heavy atom. The molecule has 0 unspecified atom stereocenters. The lowest BCUT2D eigenvalue weighted by atomic mass is 10.1. The summed E-state index contributed by atoms with van der Waals surface area (Å²) >= 11 is 0. The van der Waals surface area contributed by atoms with Crippen molar-refractivity contribution < 1.29 is 5.11 Å². The lowest BCUT2D eigenvalue weighted by molar-refractivity contribution is 0.186. The maximum absolute atomic E-state index is 10.3. The fourth-order valence-electron chi connectivity index (χ4n) is 2.55.